The van der Waals surface area contributed by atoms with E-state index in [4.69, 9.17) is 0 Å². The van der Waals surface area contributed by atoms with Crippen LogP contribution in [0.1, 0.15) is 29.8 Å². The zero-order valence-corrected chi connectivity index (χ0v) is 15.0. The minimum atomic E-state index is -3.71. The third-order valence-corrected chi connectivity index (χ3v) is 5.06. The number of aliphatic hydroxyl groups is 1. The molecule has 0 spiro atoms. The molecule has 0 aliphatic rings. The molecule has 0 heterocycles. The van der Waals surface area contributed by atoms with Gasteiger partial charge in [0, 0.05) is 17.8 Å². The standard InChI is InChI=1S/C18H22N2O4S/c1-3-14-4-8-16(9-5-14)20-18(22)15-6-10-17(11-7-15)25(23,24)19-12-13(2)21/h4-11,13,19,21H,3,12H2,1-2H3,(H,20,22)/t13-/m1/s1. The van der Waals surface area contributed by atoms with E-state index in [-0.39, 0.29) is 17.3 Å². The number of sulfonamides is 1. The largest absolute Gasteiger partial charge is 0.392 e. The average Bonchev–Trinajstić information content (AvgIpc) is 2.61. The van der Waals surface area contributed by atoms with Crippen LogP contribution in [0.3, 0.4) is 0 Å². The van der Waals surface area contributed by atoms with Crippen LogP contribution in [0.15, 0.2) is 53.4 Å². The van der Waals surface area contributed by atoms with Crippen molar-refractivity contribution in [3.05, 3.63) is 59.7 Å². The zero-order chi connectivity index (χ0) is 18.4. The maximum Gasteiger partial charge on any atom is 0.255 e. The number of benzene rings is 2. The van der Waals surface area contributed by atoms with Crippen molar-refractivity contribution in [1.29, 1.82) is 0 Å². The lowest BCUT2D eigenvalue weighted by Gasteiger charge is -2.09. The van der Waals surface area contributed by atoms with Gasteiger partial charge in [-0.15, -0.1) is 0 Å². The Labute approximate surface area is 147 Å². The summed E-state index contributed by atoms with van der Waals surface area (Å²) in [6.07, 6.45) is 0.145. The molecule has 0 aliphatic carbocycles. The second kappa shape index (κ2) is 8.24. The van der Waals surface area contributed by atoms with Gasteiger partial charge in [0.05, 0.1) is 11.0 Å². The topological polar surface area (TPSA) is 95.5 Å². The molecule has 0 radical (unpaired) electrons. The molecule has 0 saturated carbocycles. The first-order valence-corrected chi connectivity index (χ1v) is 9.48. The fraction of sp³-hybridized carbons (Fsp3) is 0.278. The maximum atomic E-state index is 12.2. The van der Waals surface area contributed by atoms with E-state index in [1.807, 2.05) is 24.3 Å². The van der Waals surface area contributed by atoms with Gasteiger partial charge in [-0.2, -0.15) is 0 Å². The van der Waals surface area contributed by atoms with Crippen molar-refractivity contribution in [2.24, 2.45) is 0 Å². The maximum absolute atomic E-state index is 12.2. The molecular formula is C18H22N2O4S. The Hall–Kier alpha value is -2.22. The third-order valence-electron chi connectivity index (χ3n) is 3.62. The van der Waals surface area contributed by atoms with E-state index in [0.29, 0.717) is 11.3 Å². The number of carbonyl (C=O) groups excluding carboxylic acids is 1. The van der Waals surface area contributed by atoms with Gasteiger partial charge in [-0.25, -0.2) is 13.1 Å². The summed E-state index contributed by atoms with van der Waals surface area (Å²) < 4.78 is 26.4. The Morgan fingerprint density at radius 2 is 1.68 bits per heavy atom. The highest BCUT2D eigenvalue weighted by molar-refractivity contribution is 7.89. The molecule has 0 aliphatic heterocycles. The summed E-state index contributed by atoms with van der Waals surface area (Å²) in [7, 11) is -3.71. The van der Waals surface area contributed by atoms with Crippen LogP contribution in [0.4, 0.5) is 5.69 Å². The van der Waals surface area contributed by atoms with Gasteiger partial charge in [-0.1, -0.05) is 19.1 Å². The Balaban J connectivity index is 2.06. The average molecular weight is 362 g/mol. The van der Waals surface area contributed by atoms with E-state index in [2.05, 4.69) is 17.0 Å². The number of carbonyl (C=O) groups is 1. The first-order valence-electron chi connectivity index (χ1n) is 8.00. The van der Waals surface area contributed by atoms with Crippen LogP contribution in [0.2, 0.25) is 0 Å². The Morgan fingerprint density at radius 1 is 1.08 bits per heavy atom. The number of hydrogen-bond acceptors (Lipinski definition) is 4. The van der Waals surface area contributed by atoms with Crippen LogP contribution in [-0.2, 0) is 16.4 Å². The van der Waals surface area contributed by atoms with Gasteiger partial charge in [0.25, 0.3) is 5.91 Å². The summed E-state index contributed by atoms with van der Waals surface area (Å²) in [4.78, 5) is 12.3. The van der Waals surface area contributed by atoms with E-state index in [1.54, 1.807) is 0 Å². The second-order valence-electron chi connectivity index (χ2n) is 5.73. The van der Waals surface area contributed by atoms with Crippen molar-refractivity contribution >= 4 is 21.6 Å². The Kier molecular flexibility index (Phi) is 6.30. The molecule has 0 aromatic heterocycles. The number of rotatable bonds is 7. The number of amides is 1. The van der Waals surface area contributed by atoms with Gasteiger partial charge in [0.1, 0.15) is 0 Å². The van der Waals surface area contributed by atoms with Gasteiger partial charge in [-0.05, 0) is 55.3 Å². The molecule has 3 N–H and O–H groups in total. The van der Waals surface area contributed by atoms with E-state index in [9.17, 15) is 18.3 Å². The van der Waals surface area contributed by atoms with Gasteiger partial charge >= 0.3 is 0 Å². The van der Waals surface area contributed by atoms with Crippen LogP contribution in [0, 0.1) is 0 Å². The van der Waals surface area contributed by atoms with Gasteiger partial charge in [0.15, 0.2) is 0 Å². The molecule has 0 bridgehead atoms. The minimum absolute atomic E-state index is 0.0389. The molecule has 2 rings (SSSR count). The van der Waals surface area contributed by atoms with Gasteiger partial charge < -0.3 is 10.4 Å². The van der Waals surface area contributed by atoms with Gasteiger partial charge in [-0.3, -0.25) is 4.79 Å². The molecular weight excluding hydrogens is 340 g/mol. The summed E-state index contributed by atoms with van der Waals surface area (Å²) >= 11 is 0. The minimum Gasteiger partial charge on any atom is -0.392 e. The molecule has 0 fully saturated rings. The van der Waals surface area contributed by atoms with E-state index < -0.39 is 16.1 Å². The Bertz CT molecular complexity index is 813. The van der Waals surface area contributed by atoms with Crippen LogP contribution in [-0.4, -0.2) is 32.1 Å². The molecule has 0 unspecified atom stereocenters. The molecule has 1 atom stereocenters. The molecule has 7 heteroatoms. The molecule has 1 amide bonds. The molecule has 134 valence electrons. The lowest BCUT2D eigenvalue weighted by molar-refractivity contribution is 0.102. The van der Waals surface area contributed by atoms with E-state index >= 15 is 0 Å². The van der Waals surface area contributed by atoms with Crippen molar-refractivity contribution in [3.63, 3.8) is 0 Å². The first kappa shape index (κ1) is 19.1. The van der Waals surface area contributed by atoms with Crippen LogP contribution in [0.5, 0.6) is 0 Å². The molecule has 25 heavy (non-hydrogen) atoms. The van der Waals surface area contributed by atoms with Crippen molar-refractivity contribution in [3.8, 4) is 0 Å². The van der Waals surface area contributed by atoms with E-state index in [1.165, 1.54) is 36.8 Å². The van der Waals surface area contributed by atoms with E-state index in [0.717, 1.165) is 6.42 Å². The normalized spacial score (nSPS) is 12.6. The fourth-order valence-corrected chi connectivity index (χ4v) is 3.25. The summed E-state index contributed by atoms with van der Waals surface area (Å²) in [6.45, 7) is 3.47. The summed E-state index contributed by atoms with van der Waals surface area (Å²) in [5, 5.41) is 11.9. The Morgan fingerprint density at radius 3 is 2.20 bits per heavy atom. The smallest absolute Gasteiger partial charge is 0.255 e. The van der Waals surface area contributed by atoms with Crippen molar-refractivity contribution in [1.82, 2.24) is 4.72 Å². The van der Waals surface area contributed by atoms with Crippen LogP contribution >= 0.6 is 0 Å². The highest BCUT2D eigenvalue weighted by Gasteiger charge is 2.15. The number of nitrogens with one attached hydrogen (secondary N) is 2. The third kappa shape index (κ3) is 5.38. The van der Waals surface area contributed by atoms with Crippen LogP contribution < -0.4 is 10.0 Å². The fourth-order valence-electron chi connectivity index (χ4n) is 2.13. The number of anilines is 1. The van der Waals surface area contributed by atoms with Gasteiger partial charge in [0.2, 0.25) is 10.0 Å². The quantitative estimate of drug-likeness (QED) is 0.703. The molecule has 2 aromatic carbocycles. The summed E-state index contributed by atoms with van der Waals surface area (Å²) in [6, 6.07) is 13.2. The molecule has 6 nitrogen and oxygen atoms in total. The zero-order valence-electron chi connectivity index (χ0n) is 14.2. The highest BCUT2D eigenvalue weighted by atomic mass is 32.2. The highest BCUT2D eigenvalue weighted by Crippen LogP contribution is 2.14. The van der Waals surface area contributed by atoms with Crippen LogP contribution in [0.25, 0.3) is 0 Å². The number of hydrogen-bond donors (Lipinski definition) is 3. The predicted molar refractivity (Wildman–Crippen MR) is 97.1 cm³/mol. The monoisotopic (exact) mass is 362 g/mol. The van der Waals surface area contributed by atoms with Crippen molar-refractivity contribution in [2.75, 3.05) is 11.9 Å². The molecule has 2 aromatic rings. The lowest BCUT2D eigenvalue weighted by Crippen LogP contribution is -2.30. The molecule has 0 saturated heterocycles. The first-order chi connectivity index (χ1) is 11.8. The summed E-state index contributed by atoms with van der Waals surface area (Å²) in [5.41, 5.74) is 2.21. The predicted octanol–water partition coefficient (Wildman–Crippen LogP) is 2.16. The lowest BCUT2D eigenvalue weighted by atomic mass is 10.1. The van der Waals surface area contributed by atoms with Crippen molar-refractivity contribution < 1.29 is 18.3 Å². The number of aryl methyl sites for hydroxylation is 1. The van der Waals surface area contributed by atoms with Crippen molar-refractivity contribution in [2.45, 2.75) is 31.3 Å². The number of aliphatic hydroxyl groups excluding tert-OH is 1. The second-order valence-corrected chi connectivity index (χ2v) is 7.50. The SMILES string of the molecule is CCc1ccc(NC(=O)c2ccc(S(=O)(=O)NC[C@@H](C)O)cc2)cc1. The summed E-state index contributed by atoms with van der Waals surface area (Å²) in [5.74, 6) is -0.315.